The smallest absolute Gasteiger partial charge is 0.182 e. The van der Waals surface area contributed by atoms with Crippen LogP contribution in [0.3, 0.4) is 0 Å². The molecule has 1 N–H and O–H groups in total. The number of nitriles is 1. The number of nitrogens with one attached hydrogen (secondary N) is 1. The molecule has 14 heavy (non-hydrogen) atoms. The Morgan fingerprint density at radius 1 is 1.57 bits per heavy atom. The summed E-state index contributed by atoms with van der Waals surface area (Å²) in [5.74, 6) is 0.590. The molecule has 0 heterocycles. The lowest BCUT2D eigenvalue weighted by Gasteiger charge is -2.00. The average molecular weight is 208 g/mol. The van der Waals surface area contributed by atoms with Crippen molar-refractivity contribution >= 4 is 17.4 Å². The van der Waals surface area contributed by atoms with E-state index in [0.717, 1.165) is 5.56 Å². The summed E-state index contributed by atoms with van der Waals surface area (Å²) in [5, 5.41) is 11.5. The van der Waals surface area contributed by atoms with E-state index in [1.54, 1.807) is 13.1 Å². The monoisotopic (exact) mass is 207 g/mol. The number of amidine groups is 1. The van der Waals surface area contributed by atoms with E-state index in [0.29, 0.717) is 17.4 Å². The Bertz CT molecular complexity index is 379. The van der Waals surface area contributed by atoms with Gasteiger partial charge in [-0.25, -0.2) is 0 Å². The first-order valence-corrected chi connectivity index (χ1v) is 4.51. The number of rotatable bonds is 2. The average Bonchev–Trinajstić information content (AvgIpc) is 2.17. The quantitative estimate of drug-likeness (QED) is 0.350. The zero-order chi connectivity index (χ0) is 10.4. The highest BCUT2D eigenvalue weighted by Crippen LogP contribution is 2.15. The van der Waals surface area contributed by atoms with Gasteiger partial charge in [-0.2, -0.15) is 5.26 Å². The second kappa shape index (κ2) is 5.25. The van der Waals surface area contributed by atoms with Crippen molar-refractivity contribution in [3.05, 3.63) is 34.9 Å². The molecular formula is C10H10ClN3. The van der Waals surface area contributed by atoms with Crippen LogP contribution in [-0.4, -0.2) is 5.84 Å². The van der Waals surface area contributed by atoms with Gasteiger partial charge < -0.3 is 0 Å². The first-order valence-electron chi connectivity index (χ1n) is 4.13. The third kappa shape index (κ3) is 3.08. The van der Waals surface area contributed by atoms with Crippen molar-refractivity contribution in [2.75, 3.05) is 0 Å². The standard InChI is InChI=1S/C10H10ClN3/c1-8(14-7-12)13-6-9-4-2-3-5-10(9)11/h2-5H,6H2,1H3,(H,13,14). The van der Waals surface area contributed by atoms with Crippen molar-refractivity contribution in [3.63, 3.8) is 0 Å². The zero-order valence-corrected chi connectivity index (χ0v) is 8.54. The summed E-state index contributed by atoms with van der Waals surface area (Å²) < 4.78 is 0. The summed E-state index contributed by atoms with van der Waals surface area (Å²) in [6.45, 7) is 2.22. The molecule has 0 radical (unpaired) electrons. The van der Waals surface area contributed by atoms with Gasteiger partial charge in [0, 0.05) is 5.02 Å². The van der Waals surface area contributed by atoms with Crippen LogP contribution in [0.5, 0.6) is 0 Å². The Morgan fingerprint density at radius 3 is 2.93 bits per heavy atom. The molecule has 1 rings (SSSR count). The van der Waals surface area contributed by atoms with E-state index in [9.17, 15) is 0 Å². The molecule has 0 amide bonds. The Kier molecular flexibility index (Phi) is 3.96. The molecule has 72 valence electrons. The van der Waals surface area contributed by atoms with Gasteiger partial charge in [0.15, 0.2) is 6.19 Å². The molecule has 0 bridgehead atoms. The highest BCUT2D eigenvalue weighted by Gasteiger charge is 1.96. The van der Waals surface area contributed by atoms with Gasteiger partial charge in [0.1, 0.15) is 5.84 Å². The van der Waals surface area contributed by atoms with E-state index in [4.69, 9.17) is 16.9 Å². The summed E-state index contributed by atoms with van der Waals surface area (Å²) >= 11 is 5.93. The van der Waals surface area contributed by atoms with Crippen LogP contribution >= 0.6 is 11.6 Å². The molecule has 0 fully saturated rings. The molecular weight excluding hydrogens is 198 g/mol. The van der Waals surface area contributed by atoms with Crippen LogP contribution in [0.2, 0.25) is 5.02 Å². The van der Waals surface area contributed by atoms with Crippen molar-refractivity contribution in [2.24, 2.45) is 4.99 Å². The molecule has 3 nitrogen and oxygen atoms in total. The second-order valence-electron chi connectivity index (χ2n) is 2.73. The molecule has 0 aliphatic heterocycles. The SMILES string of the molecule is CC(=NCc1ccccc1Cl)NC#N. The highest BCUT2D eigenvalue weighted by molar-refractivity contribution is 6.31. The summed E-state index contributed by atoms with van der Waals surface area (Å²) in [7, 11) is 0. The minimum absolute atomic E-state index is 0.486. The predicted molar refractivity (Wildman–Crippen MR) is 57.0 cm³/mol. The predicted octanol–water partition coefficient (Wildman–Crippen LogP) is 2.33. The number of nitrogens with zero attached hydrogens (tertiary/aromatic N) is 2. The molecule has 0 aliphatic carbocycles. The minimum Gasteiger partial charge on any atom is -0.281 e. The maximum Gasteiger partial charge on any atom is 0.182 e. The van der Waals surface area contributed by atoms with E-state index in [1.807, 2.05) is 24.3 Å². The fourth-order valence-corrected chi connectivity index (χ4v) is 1.15. The lowest BCUT2D eigenvalue weighted by Crippen LogP contribution is -2.13. The number of hydrogen-bond donors (Lipinski definition) is 1. The molecule has 0 aliphatic rings. The van der Waals surface area contributed by atoms with Gasteiger partial charge in [-0.15, -0.1) is 0 Å². The van der Waals surface area contributed by atoms with Gasteiger partial charge in [0.2, 0.25) is 0 Å². The molecule has 1 aromatic rings. The van der Waals surface area contributed by atoms with Gasteiger partial charge in [-0.1, -0.05) is 29.8 Å². The Labute approximate surface area is 88.0 Å². The van der Waals surface area contributed by atoms with Gasteiger partial charge in [0.25, 0.3) is 0 Å². The first kappa shape index (κ1) is 10.6. The zero-order valence-electron chi connectivity index (χ0n) is 7.79. The van der Waals surface area contributed by atoms with Crippen molar-refractivity contribution < 1.29 is 0 Å². The summed E-state index contributed by atoms with van der Waals surface area (Å²) in [6.07, 6.45) is 1.80. The fourth-order valence-electron chi connectivity index (χ4n) is 0.951. The number of hydrogen-bond acceptors (Lipinski definition) is 2. The molecule has 1 aromatic carbocycles. The molecule has 0 spiro atoms. The molecule has 0 saturated carbocycles. The fraction of sp³-hybridized carbons (Fsp3) is 0.200. The third-order valence-electron chi connectivity index (χ3n) is 1.68. The van der Waals surface area contributed by atoms with E-state index in [-0.39, 0.29) is 0 Å². The van der Waals surface area contributed by atoms with Crippen molar-refractivity contribution in [3.8, 4) is 6.19 Å². The molecule has 0 unspecified atom stereocenters. The van der Waals surface area contributed by atoms with E-state index < -0.39 is 0 Å². The van der Waals surface area contributed by atoms with Gasteiger partial charge >= 0.3 is 0 Å². The summed E-state index contributed by atoms with van der Waals surface area (Å²) in [4.78, 5) is 4.14. The second-order valence-corrected chi connectivity index (χ2v) is 3.14. The van der Waals surface area contributed by atoms with Crippen LogP contribution in [0.4, 0.5) is 0 Å². The largest absolute Gasteiger partial charge is 0.281 e. The van der Waals surface area contributed by atoms with Crippen LogP contribution in [0, 0.1) is 11.5 Å². The maximum atomic E-state index is 8.32. The van der Waals surface area contributed by atoms with Crippen molar-refractivity contribution in [2.45, 2.75) is 13.5 Å². The minimum atomic E-state index is 0.486. The van der Waals surface area contributed by atoms with Gasteiger partial charge in [0.05, 0.1) is 6.54 Å². The Balaban J connectivity index is 2.67. The Morgan fingerprint density at radius 2 is 2.29 bits per heavy atom. The Hall–Kier alpha value is -1.53. The molecule has 4 heteroatoms. The molecule has 0 atom stereocenters. The van der Waals surface area contributed by atoms with Crippen LogP contribution in [0.25, 0.3) is 0 Å². The van der Waals surface area contributed by atoms with Crippen LogP contribution in [0.15, 0.2) is 29.3 Å². The number of benzene rings is 1. The summed E-state index contributed by atoms with van der Waals surface area (Å²) in [5.41, 5.74) is 0.952. The lowest BCUT2D eigenvalue weighted by atomic mass is 10.2. The topological polar surface area (TPSA) is 48.2 Å². The van der Waals surface area contributed by atoms with Crippen LogP contribution in [-0.2, 0) is 6.54 Å². The normalized spacial score (nSPS) is 10.8. The van der Waals surface area contributed by atoms with Crippen molar-refractivity contribution in [1.82, 2.24) is 5.32 Å². The van der Waals surface area contributed by atoms with E-state index >= 15 is 0 Å². The summed E-state index contributed by atoms with van der Waals surface area (Å²) in [6, 6.07) is 7.50. The third-order valence-corrected chi connectivity index (χ3v) is 2.05. The first-order chi connectivity index (χ1) is 6.74. The van der Waals surface area contributed by atoms with E-state index in [2.05, 4.69) is 10.3 Å². The van der Waals surface area contributed by atoms with Crippen LogP contribution < -0.4 is 5.32 Å². The number of halogens is 1. The van der Waals surface area contributed by atoms with Crippen LogP contribution in [0.1, 0.15) is 12.5 Å². The van der Waals surface area contributed by atoms with Gasteiger partial charge in [-0.3, -0.25) is 10.3 Å². The van der Waals surface area contributed by atoms with E-state index in [1.165, 1.54) is 0 Å². The maximum absolute atomic E-state index is 8.32. The highest BCUT2D eigenvalue weighted by atomic mass is 35.5. The van der Waals surface area contributed by atoms with Crippen molar-refractivity contribution in [1.29, 1.82) is 5.26 Å². The number of aliphatic imine (C=N–C) groups is 1. The lowest BCUT2D eigenvalue weighted by molar-refractivity contribution is 1.04. The molecule has 0 aromatic heterocycles. The van der Waals surface area contributed by atoms with Gasteiger partial charge in [-0.05, 0) is 18.6 Å². The molecule has 0 saturated heterocycles.